The van der Waals surface area contributed by atoms with Gasteiger partial charge in [-0.1, -0.05) is 23.7 Å². The van der Waals surface area contributed by atoms with Crippen LogP contribution in [0.4, 0.5) is 10.1 Å². The van der Waals surface area contributed by atoms with E-state index in [9.17, 15) is 22.4 Å². The lowest BCUT2D eigenvalue weighted by atomic mass is 10.1. The van der Waals surface area contributed by atoms with Gasteiger partial charge in [-0.15, -0.1) is 0 Å². The number of methoxy groups -OCH3 is 1. The second-order valence-corrected chi connectivity index (χ2v) is 12.1. The summed E-state index contributed by atoms with van der Waals surface area (Å²) >= 11 is 6.18. The van der Waals surface area contributed by atoms with Crippen molar-refractivity contribution in [3.63, 3.8) is 0 Å². The summed E-state index contributed by atoms with van der Waals surface area (Å²) < 4.78 is 44.6. The highest BCUT2D eigenvalue weighted by molar-refractivity contribution is 7.92. The lowest BCUT2D eigenvalue weighted by molar-refractivity contribution is -0.141. The third kappa shape index (κ3) is 9.19. The molecule has 0 aliphatic carbocycles. The van der Waals surface area contributed by atoms with Crippen LogP contribution in [0, 0.1) is 5.82 Å². The van der Waals surface area contributed by atoms with Gasteiger partial charge < -0.3 is 15.0 Å². The second-order valence-electron chi connectivity index (χ2n) is 9.82. The lowest BCUT2D eigenvalue weighted by Crippen LogP contribution is -2.52. The molecule has 0 spiro atoms. The minimum Gasteiger partial charge on any atom is -0.495 e. The van der Waals surface area contributed by atoms with Crippen LogP contribution < -0.4 is 14.4 Å². The average molecular weight is 556 g/mol. The van der Waals surface area contributed by atoms with Crippen LogP contribution in [0.5, 0.6) is 5.75 Å². The Balaban J connectivity index is 2.20. The number of anilines is 1. The van der Waals surface area contributed by atoms with Crippen LogP contribution in [0.15, 0.2) is 42.5 Å². The first kappa shape index (κ1) is 30.4. The molecule has 0 aliphatic heterocycles. The molecule has 8 nitrogen and oxygen atoms in total. The first-order chi connectivity index (χ1) is 17.1. The number of hydrogen-bond donors (Lipinski definition) is 1. The largest absolute Gasteiger partial charge is 0.495 e. The van der Waals surface area contributed by atoms with Gasteiger partial charge in [0.15, 0.2) is 0 Å². The van der Waals surface area contributed by atoms with Gasteiger partial charge in [0.1, 0.15) is 17.6 Å². The van der Waals surface area contributed by atoms with Crippen LogP contribution in [0.2, 0.25) is 5.02 Å². The van der Waals surface area contributed by atoms with Crippen molar-refractivity contribution >= 4 is 39.1 Å². The van der Waals surface area contributed by atoms with E-state index in [4.69, 9.17) is 16.3 Å². The van der Waals surface area contributed by atoms with E-state index in [0.717, 1.165) is 6.26 Å². The molecule has 1 unspecified atom stereocenters. The maximum atomic E-state index is 13.4. The second kappa shape index (κ2) is 12.6. The molecule has 0 aromatic heterocycles. The Bertz CT molecular complexity index is 1200. The van der Waals surface area contributed by atoms with Gasteiger partial charge >= 0.3 is 0 Å². The van der Waals surface area contributed by atoms with E-state index in [1.807, 2.05) is 20.8 Å². The number of amides is 2. The Morgan fingerprint density at radius 1 is 1.14 bits per heavy atom. The lowest BCUT2D eigenvalue weighted by Gasteiger charge is -2.32. The van der Waals surface area contributed by atoms with E-state index in [1.165, 1.54) is 34.5 Å². The smallest absolute Gasteiger partial charge is 0.242 e. The summed E-state index contributed by atoms with van der Waals surface area (Å²) in [5, 5.41) is 3.13. The van der Waals surface area contributed by atoms with Crippen molar-refractivity contribution in [3.8, 4) is 5.75 Å². The molecule has 0 aliphatic rings. The molecule has 2 aromatic carbocycles. The monoisotopic (exact) mass is 555 g/mol. The molecule has 11 heteroatoms. The molecule has 0 radical (unpaired) electrons. The third-order valence-corrected chi connectivity index (χ3v) is 7.00. The van der Waals surface area contributed by atoms with Gasteiger partial charge in [-0.05, 0) is 70.0 Å². The van der Waals surface area contributed by atoms with E-state index in [0.29, 0.717) is 17.0 Å². The summed E-state index contributed by atoms with van der Waals surface area (Å²) in [6.07, 6.45) is 1.26. The predicted molar refractivity (Wildman–Crippen MR) is 144 cm³/mol. The number of nitrogens with one attached hydrogen (secondary N) is 1. The maximum absolute atomic E-state index is 13.4. The molecule has 1 N–H and O–H groups in total. The van der Waals surface area contributed by atoms with Crippen LogP contribution >= 0.6 is 11.6 Å². The van der Waals surface area contributed by atoms with Crippen LogP contribution in [0.3, 0.4) is 0 Å². The Morgan fingerprint density at radius 3 is 2.27 bits per heavy atom. The summed E-state index contributed by atoms with van der Waals surface area (Å²) in [6.45, 7) is 7.28. The zero-order valence-corrected chi connectivity index (χ0v) is 23.6. The highest BCUT2D eigenvalue weighted by Gasteiger charge is 2.28. The Labute approximate surface area is 223 Å². The first-order valence-corrected chi connectivity index (χ1v) is 14.0. The molecule has 1 atom stereocenters. The number of benzene rings is 2. The minimum atomic E-state index is -3.67. The van der Waals surface area contributed by atoms with E-state index in [2.05, 4.69) is 5.32 Å². The minimum absolute atomic E-state index is 0.00968. The van der Waals surface area contributed by atoms with Crippen LogP contribution in [0.1, 0.15) is 46.1 Å². The van der Waals surface area contributed by atoms with Gasteiger partial charge in [-0.2, -0.15) is 0 Å². The number of halogens is 2. The summed E-state index contributed by atoms with van der Waals surface area (Å²) in [6, 6.07) is 9.54. The standard InChI is InChI=1S/C26H35ClFN3O5S/c1-18(25(33)29-26(2,3)4)30(17-19-9-11-20(28)12-10-19)24(32)8-7-15-31(37(6,34)35)21-13-14-23(36-5)22(27)16-21/h9-14,16,18H,7-8,15,17H2,1-6H3,(H,29,33). The zero-order chi connectivity index (χ0) is 28.0. The van der Waals surface area contributed by atoms with Crippen molar-refractivity contribution in [2.45, 2.75) is 58.7 Å². The molecule has 0 saturated heterocycles. The molecule has 0 fully saturated rings. The Hall–Kier alpha value is -2.85. The third-order valence-electron chi connectivity index (χ3n) is 5.51. The average Bonchev–Trinajstić information content (AvgIpc) is 2.79. The van der Waals surface area contributed by atoms with Crippen LogP contribution in [-0.4, -0.2) is 56.6 Å². The molecular weight excluding hydrogens is 521 g/mol. The molecule has 0 heterocycles. The van der Waals surface area contributed by atoms with Gasteiger partial charge in [0.05, 0.1) is 24.1 Å². The number of carbonyl (C=O) groups excluding carboxylic acids is 2. The number of sulfonamides is 1. The normalized spacial score (nSPS) is 12.5. The molecule has 2 rings (SSSR count). The van der Waals surface area contributed by atoms with Crippen LogP contribution in [0.25, 0.3) is 0 Å². The fraction of sp³-hybridized carbons (Fsp3) is 0.462. The molecule has 37 heavy (non-hydrogen) atoms. The van der Waals surface area contributed by atoms with Gasteiger partial charge in [0.25, 0.3) is 0 Å². The molecular formula is C26H35ClFN3O5S. The Kier molecular flexibility index (Phi) is 10.3. The molecule has 0 saturated carbocycles. The fourth-order valence-corrected chi connectivity index (χ4v) is 4.87. The maximum Gasteiger partial charge on any atom is 0.242 e. The molecule has 0 bridgehead atoms. The zero-order valence-electron chi connectivity index (χ0n) is 22.0. The van der Waals surface area contributed by atoms with Gasteiger partial charge in [0, 0.05) is 25.0 Å². The number of rotatable bonds is 11. The van der Waals surface area contributed by atoms with Gasteiger partial charge in [-0.3, -0.25) is 13.9 Å². The fourth-order valence-electron chi connectivity index (χ4n) is 3.66. The van der Waals surface area contributed by atoms with Crippen molar-refractivity contribution in [1.29, 1.82) is 0 Å². The quantitative estimate of drug-likeness (QED) is 0.444. The van der Waals surface area contributed by atoms with Crippen molar-refractivity contribution in [2.75, 3.05) is 24.2 Å². The van der Waals surface area contributed by atoms with Gasteiger partial charge in [0.2, 0.25) is 21.8 Å². The predicted octanol–water partition coefficient (Wildman–Crippen LogP) is 4.37. The number of hydrogen-bond acceptors (Lipinski definition) is 5. The highest BCUT2D eigenvalue weighted by Crippen LogP contribution is 2.30. The molecule has 204 valence electrons. The van der Waals surface area contributed by atoms with E-state index in [-0.39, 0.29) is 42.8 Å². The molecule has 2 amide bonds. The highest BCUT2D eigenvalue weighted by atomic mass is 35.5. The number of nitrogens with zero attached hydrogens (tertiary/aromatic N) is 2. The van der Waals surface area contributed by atoms with E-state index >= 15 is 0 Å². The summed E-state index contributed by atoms with van der Waals surface area (Å²) in [5.41, 5.74) is 0.517. The van der Waals surface area contributed by atoms with Gasteiger partial charge in [-0.25, -0.2) is 12.8 Å². The van der Waals surface area contributed by atoms with E-state index < -0.39 is 27.4 Å². The van der Waals surface area contributed by atoms with Crippen LogP contribution in [-0.2, 0) is 26.2 Å². The van der Waals surface area contributed by atoms with Crippen molar-refractivity contribution in [2.24, 2.45) is 0 Å². The summed E-state index contributed by atoms with van der Waals surface area (Å²) in [4.78, 5) is 27.6. The van der Waals surface area contributed by atoms with Crippen molar-refractivity contribution < 1.29 is 27.1 Å². The summed E-state index contributed by atoms with van der Waals surface area (Å²) in [5.74, 6) is -0.650. The number of carbonyl (C=O) groups is 2. The SMILES string of the molecule is COc1ccc(N(CCCC(=O)N(Cc2ccc(F)cc2)C(C)C(=O)NC(C)(C)C)S(C)(=O)=O)cc1Cl. The topological polar surface area (TPSA) is 96.0 Å². The van der Waals surface area contributed by atoms with Crippen molar-refractivity contribution in [1.82, 2.24) is 10.2 Å². The Morgan fingerprint density at radius 2 is 1.76 bits per heavy atom. The number of ether oxygens (including phenoxy) is 1. The first-order valence-electron chi connectivity index (χ1n) is 11.8. The van der Waals surface area contributed by atoms with Crippen molar-refractivity contribution in [3.05, 3.63) is 58.9 Å². The molecule has 2 aromatic rings. The summed E-state index contributed by atoms with van der Waals surface area (Å²) in [7, 11) is -2.21. The van der Waals surface area contributed by atoms with E-state index in [1.54, 1.807) is 31.2 Å².